The Hall–Kier alpha value is -3.32. The molecule has 1 aliphatic carbocycles. The fourth-order valence-corrected chi connectivity index (χ4v) is 7.06. The number of hydrogen-bond acceptors (Lipinski definition) is 3. The van der Waals surface area contributed by atoms with Crippen LogP contribution < -0.4 is 0 Å². The highest BCUT2D eigenvalue weighted by Gasteiger charge is 2.33. The number of carbonyl (C=O) groups is 1. The van der Waals surface area contributed by atoms with E-state index in [1.54, 1.807) is 30.3 Å². The molecule has 1 N–H and O–H groups in total. The number of aliphatic carboxylic acids is 1. The zero-order chi connectivity index (χ0) is 25.0. The van der Waals surface area contributed by atoms with Crippen molar-refractivity contribution in [3.8, 4) is 0 Å². The van der Waals surface area contributed by atoms with Crippen LogP contribution >= 0.6 is 0 Å². The van der Waals surface area contributed by atoms with Gasteiger partial charge in [-0.25, -0.2) is 12.4 Å². The second-order valence-corrected chi connectivity index (χ2v) is 12.1. The molecule has 0 unspecified atom stereocenters. The smallest absolute Gasteiger partial charge is 0.323 e. The molecule has 5 rings (SSSR count). The van der Waals surface area contributed by atoms with Crippen molar-refractivity contribution in [3.63, 3.8) is 0 Å². The minimum atomic E-state index is -3.83. The van der Waals surface area contributed by atoms with E-state index in [4.69, 9.17) is 0 Å². The molecule has 0 radical (unpaired) electrons. The number of carboxylic acids is 1. The Labute approximate surface area is 205 Å². The molecule has 0 fully saturated rings. The molecule has 6 nitrogen and oxygen atoms in total. The molecule has 0 bridgehead atoms. The van der Waals surface area contributed by atoms with Gasteiger partial charge in [-0.15, -0.1) is 0 Å². The van der Waals surface area contributed by atoms with E-state index in [0.717, 1.165) is 41.6 Å². The summed E-state index contributed by atoms with van der Waals surface area (Å²) in [5, 5.41) is 10.4. The predicted molar refractivity (Wildman–Crippen MR) is 136 cm³/mol. The standard InChI is InChI=1S/C28H30N2O4S/c1-19-23(24-17-28(2,3)14-13-26(24)29(19)18-27(31)32)16-21-15-20-9-7-8-12-25(20)30(21)35(33,34)22-10-5-4-6-11-22/h4-12,15H,13-14,16-18H2,1-3H3,(H,31,32). The molecule has 4 aromatic rings. The largest absolute Gasteiger partial charge is 0.480 e. The van der Waals surface area contributed by atoms with Crippen molar-refractivity contribution >= 4 is 26.9 Å². The zero-order valence-corrected chi connectivity index (χ0v) is 21.1. The first-order valence-corrected chi connectivity index (χ1v) is 13.3. The van der Waals surface area contributed by atoms with Crippen LogP contribution in [0.2, 0.25) is 0 Å². The molecule has 0 saturated carbocycles. The van der Waals surface area contributed by atoms with Crippen LogP contribution in [0.3, 0.4) is 0 Å². The predicted octanol–water partition coefficient (Wildman–Crippen LogP) is 5.18. The van der Waals surface area contributed by atoms with Crippen LogP contribution in [0.25, 0.3) is 10.9 Å². The van der Waals surface area contributed by atoms with Crippen molar-refractivity contribution < 1.29 is 18.3 Å². The lowest BCUT2D eigenvalue weighted by Crippen LogP contribution is -2.24. The SMILES string of the molecule is Cc1c(Cc2cc3ccccc3n2S(=O)(=O)c2ccccc2)c2c(n1CC(=O)O)CCC(C)(C)C2. The highest BCUT2D eigenvalue weighted by Crippen LogP contribution is 2.40. The van der Waals surface area contributed by atoms with E-state index in [9.17, 15) is 18.3 Å². The molecule has 2 heterocycles. The first kappa shape index (κ1) is 23.4. The van der Waals surface area contributed by atoms with E-state index in [1.165, 1.54) is 9.54 Å². The molecular weight excluding hydrogens is 460 g/mol. The summed E-state index contributed by atoms with van der Waals surface area (Å²) in [5.74, 6) is -0.872. The fraction of sp³-hybridized carbons (Fsp3) is 0.321. The number of benzene rings is 2. The second-order valence-electron chi connectivity index (χ2n) is 10.3. The minimum absolute atomic E-state index is 0.0834. The van der Waals surface area contributed by atoms with Crippen molar-refractivity contribution in [2.24, 2.45) is 5.41 Å². The van der Waals surface area contributed by atoms with E-state index >= 15 is 0 Å². The van der Waals surface area contributed by atoms with Gasteiger partial charge in [-0.3, -0.25) is 4.79 Å². The number of aromatic nitrogens is 2. The van der Waals surface area contributed by atoms with Gasteiger partial charge in [0.15, 0.2) is 0 Å². The molecular formula is C28H30N2O4S. The first-order valence-electron chi connectivity index (χ1n) is 11.9. The highest BCUT2D eigenvalue weighted by atomic mass is 32.2. The van der Waals surface area contributed by atoms with E-state index in [-0.39, 0.29) is 16.9 Å². The van der Waals surface area contributed by atoms with Gasteiger partial charge in [0, 0.05) is 28.9 Å². The molecule has 0 saturated heterocycles. The van der Waals surface area contributed by atoms with E-state index < -0.39 is 16.0 Å². The van der Waals surface area contributed by atoms with Gasteiger partial charge in [-0.1, -0.05) is 50.2 Å². The van der Waals surface area contributed by atoms with Crippen LogP contribution in [0.1, 0.15) is 48.5 Å². The number of fused-ring (bicyclic) bond motifs is 2. The first-order chi connectivity index (χ1) is 16.6. The molecule has 0 spiro atoms. The Balaban J connectivity index is 1.71. The quantitative estimate of drug-likeness (QED) is 0.404. The molecule has 182 valence electrons. The second kappa shape index (κ2) is 8.41. The number of rotatable bonds is 6. The minimum Gasteiger partial charge on any atom is -0.480 e. The summed E-state index contributed by atoms with van der Waals surface area (Å²) in [7, 11) is -3.83. The summed E-state index contributed by atoms with van der Waals surface area (Å²) in [4.78, 5) is 11.9. The van der Waals surface area contributed by atoms with Crippen LogP contribution in [0.4, 0.5) is 0 Å². The Bertz CT molecular complexity index is 1540. The van der Waals surface area contributed by atoms with Gasteiger partial charge in [-0.05, 0) is 67.0 Å². The number of hydrogen-bond donors (Lipinski definition) is 1. The average Bonchev–Trinajstić information content (AvgIpc) is 3.30. The van der Waals surface area contributed by atoms with Crippen molar-refractivity contribution in [2.45, 2.75) is 57.9 Å². The zero-order valence-electron chi connectivity index (χ0n) is 20.3. The maximum atomic E-state index is 13.8. The summed E-state index contributed by atoms with van der Waals surface area (Å²) in [6.07, 6.45) is 3.07. The molecule has 2 aromatic carbocycles. The molecule has 7 heteroatoms. The van der Waals surface area contributed by atoms with E-state index in [1.807, 2.05) is 41.8 Å². The van der Waals surface area contributed by atoms with Crippen molar-refractivity contribution in [1.29, 1.82) is 0 Å². The van der Waals surface area contributed by atoms with Gasteiger partial charge in [0.05, 0.1) is 10.4 Å². The van der Waals surface area contributed by atoms with Gasteiger partial charge in [0.2, 0.25) is 0 Å². The van der Waals surface area contributed by atoms with E-state index in [2.05, 4.69) is 13.8 Å². The van der Waals surface area contributed by atoms with Crippen LogP contribution in [-0.2, 0) is 40.6 Å². The Kier molecular flexibility index (Phi) is 5.63. The fourth-order valence-electron chi connectivity index (χ4n) is 5.50. The number of carboxylic acid groups (broad SMARTS) is 1. The van der Waals surface area contributed by atoms with Gasteiger partial charge in [0.1, 0.15) is 6.54 Å². The maximum absolute atomic E-state index is 13.8. The summed E-state index contributed by atoms with van der Waals surface area (Å²) < 4.78 is 31.0. The Morgan fingerprint density at radius 1 is 1.06 bits per heavy atom. The van der Waals surface area contributed by atoms with Gasteiger partial charge >= 0.3 is 5.97 Å². The monoisotopic (exact) mass is 490 g/mol. The third-order valence-electron chi connectivity index (χ3n) is 7.25. The summed E-state index contributed by atoms with van der Waals surface area (Å²) >= 11 is 0. The molecule has 0 amide bonds. The van der Waals surface area contributed by atoms with Gasteiger partial charge in [0.25, 0.3) is 10.0 Å². The van der Waals surface area contributed by atoms with Crippen LogP contribution in [-0.4, -0.2) is 28.0 Å². The molecule has 35 heavy (non-hydrogen) atoms. The molecule has 1 aliphatic rings. The summed E-state index contributed by atoms with van der Waals surface area (Å²) in [6, 6.07) is 18.0. The Morgan fingerprint density at radius 3 is 2.46 bits per heavy atom. The maximum Gasteiger partial charge on any atom is 0.323 e. The third-order valence-corrected chi connectivity index (χ3v) is 9.02. The number of nitrogens with zero attached hydrogens (tertiary/aromatic N) is 2. The normalized spacial score (nSPS) is 15.3. The van der Waals surface area contributed by atoms with Crippen LogP contribution in [0.5, 0.6) is 0 Å². The van der Waals surface area contributed by atoms with Crippen LogP contribution in [0.15, 0.2) is 65.6 Å². The Morgan fingerprint density at radius 2 is 1.74 bits per heavy atom. The number of para-hydroxylation sites is 1. The van der Waals surface area contributed by atoms with Crippen molar-refractivity contribution in [3.05, 3.63) is 88.9 Å². The van der Waals surface area contributed by atoms with Crippen molar-refractivity contribution in [1.82, 2.24) is 8.54 Å². The van der Waals surface area contributed by atoms with E-state index in [0.29, 0.717) is 17.6 Å². The summed E-state index contributed by atoms with van der Waals surface area (Å²) in [5.41, 5.74) is 5.62. The lowest BCUT2D eigenvalue weighted by atomic mass is 9.75. The van der Waals surface area contributed by atoms with Gasteiger partial charge in [-0.2, -0.15) is 0 Å². The van der Waals surface area contributed by atoms with Crippen molar-refractivity contribution in [2.75, 3.05) is 0 Å². The lowest BCUT2D eigenvalue weighted by molar-refractivity contribution is -0.137. The van der Waals surface area contributed by atoms with Gasteiger partial charge < -0.3 is 9.67 Å². The molecule has 0 atom stereocenters. The third kappa shape index (κ3) is 4.08. The van der Waals surface area contributed by atoms with Crippen LogP contribution in [0, 0.1) is 12.3 Å². The topological polar surface area (TPSA) is 81.3 Å². The average molecular weight is 491 g/mol. The molecule has 2 aromatic heterocycles. The summed E-state index contributed by atoms with van der Waals surface area (Å²) in [6.45, 7) is 6.35. The lowest BCUT2D eigenvalue weighted by Gasteiger charge is -2.31. The highest BCUT2D eigenvalue weighted by molar-refractivity contribution is 7.90. The molecule has 0 aliphatic heterocycles.